The van der Waals surface area contributed by atoms with Crippen LogP contribution in [0, 0.1) is 0 Å². The summed E-state index contributed by atoms with van der Waals surface area (Å²) in [7, 11) is 0. The Morgan fingerprint density at radius 1 is 1.16 bits per heavy atom. The number of hydrogen-bond acceptors (Lipinski definition) is 3. The molecular weight excluding hydrogens is 240 g/mol. The van der Waals surface area contributed by atoms with E-state index in [2.05, 4.69) is 5.32 Å². The van der Waals surface area contributed by atoms with Crippen molar-refractivity contribution in [1.29, 1.82) is 0 Å². The highest BCUT2D eigenvalue weighted by molar-refractivity contribution is 6.33. The Balaban J connectivity index is 1.85. The molecule has 0 radical (unpaired) electrons. The number of rotatable bonds is 2. The van der Waals surface area contributed by atoms with Gasteiger partial charge >= 0.3 is 0 Å². The maximum absolute atomic E-state index is 12.4. The molecule has 19 heavy (non-hydrogen) atoms. The minimum atomic E-state index is -0.183. The molecule has 2 aliphatic heterocycles. The minimum absolute atomic E-state index is 0.00814. The van der Waals surface area contributed by atoms with E-state index in [0.29, 0.717) is 12.1 Å². The molecule has 98 valence electrons. The molecule has 0 saturated carbocycles. The molecule has 0 bridgehead atoms. The molecule has 0 spiro atoms. The molecule has 0 aromatic heterocycles. The summed E-state index contributed by atoms with van der Waals surface area (Å²) in [6, 6.07) is 9.36. The van der Waals surface area contributed by atoms with Gasteiger partial charge in [0.2, 0.25) is 0 Å². The highest BCUT2D eigenvalue weighted by atomic mass is 16.2. The van der Waals surface area contributed by atoms with Gasteiger partial charge in [-0.1, -0.05) is 30.3 Å². The van der Waals surface area contributed by atoms with E-state index in [-0.39, 0.29) is 17.9 Å². The van der Waals surface area contributed by atoms with Crippen molar-refractivity contribution in [2.45, 2.75) is 18.9 Å². The van der Waals surface area contributed by atoms with Crippen molar-refractivity contribution in [3.8, 4) is 0 Å². The summed E-state index contributed by atoms with van der Waals surface area (Å²) in [5.74, 6) is -0.345. The van der Waals surface area contributed by atoms with Crippen LogP contribution in [0.5, 0.6) is 0 Å². The van der Waals surface area contributed by atoms with Crippen LogP contribution in [0.25, 0.3) is 5.57 Å². The Kier molecular flexibility index (Phi) is 3.17. The van der Waals surface area contributed by atoms with Gasteiger partial charge in [-0.3, -0.25) is 14.5 Å². The molecule has 1 saturated heterocycles. The largest absolute Gasteiger partial charge is 0.315 e. The predicted octanol–water partition coefficient (Wildman–Crippen LogP) is 1.19. The lowest BCUT2D eigenvalue weighted by Crippen LogP contribution is -2.48. The first-order chi connectivity index (χ1) is 9.27. The van der Waals surface area contributed by atoms with Gasteiger partial charge in [0.15, 0.2) is 0 Å². The number of nitrogens with one attached hydrogen (secondary N) is 1. The van der Waals surface area contributed by atoms with E-state index in [1.54, 1.807) is 0 Å². The standard InChI is InChI=1S/C15H16N2O2/c18-14-9-13(11-5-2-1-3-6-11)15(19)17(14)12-7-4-8-16-10-12/h1-3,5-6,9,12,16H,4,7-8,10H2/t12-/m1/s1. The van der Waals surface area contributed by atoms with E-state index in [0.717, 1.165) is 24.9 Å². The first-order valence-electron chi connectivity index (χ1n) is 6.63. The highest BCUT2D eigenvalue weighted by Crippen LogP contribution is 2.26. The summed E-state index contributed by atoms with van der Waals surface area (Å²) in [6.07, 6.45) is 3.36. The third-order valence-corrected chi connectivity index (χ3v) is 3.68. The zero-order chi connectivity index (χ0) is 13.2. The molecule has 3 rings (SSSR count). The van der Waals surface area contributed by atoms with E-state index in [4.69, 9.17) is 0 Å². The SMILES string of the molecule is O=C1C=C(c2ccccc2)C(=O)N1[C@@H]1CCCNC1. The minimum Gasteiger partial charge on any atom is -0.315 e. The van der Waals surface area contributed by atoms with Crippen LogP contribution in [0.15, 0.2) is 36.4 Å². The number of hydrogen-bond donors (Lipinski definition) is 1. The number of imide groups is 1. The van der Waals surface area contributed by atoms with Crippen molar-refractivity contribution < 1.29 is 9.59 Å². The van der Waals surface area contributed by atoms with Crippen molar-refractivity contribution in [2.24, 2.45) is 0 Å². The second-order valence-corrected chi connectivity index (χ2v) is 4.94. The van der Waals surface area contributed by atoms with Gasteiger partial charge in [0.25, 0.3) is 11.8 Å². The highest BCUT2D eigenvalue weighted by Gasteiger charge is 2.37. The maximum Gasteiger partial charge on any atom is 0.261 e. The molecule has 1 N–H and O–H groups in total. The Morgan fingerprint density at radius 3 is 2.63 bits per heavy atom. The molecular formula is C15H16N2O2. The van der Waals surface area contributed by atoms with Crippen molar-refractivity contribution >= 4 is 17.4 Å². The summed E-state index contributed by atoms with van der Waals surface area (Å²) in [4.78, 5) is 25.9. The zero-order valence-electron chi connectivity index (χ0n) is 10.6. The molecule has 0 aliphatic carbocycles. The normalized spacial score (nSPS) is 23.7. The van der Waals surface area contributed by atoms with Gasteiger partial charge in [-0.05, 0) is 24.9 Å². The van der Waals surface area contributed by atoms with Gasteiger partial charge in [-0.2, -0.15) is 0 Å². The third kappa shape index (κ3) is 2.19. The van der Waals surface area contributed by atoms with Gasteiger partial charge in [0.1, 0.15) is 0 Å². The molecule has 1 aromatic carbocycles. The Bertz CT molecular complexity index is 530. The average molecular weight is 256 g/mol. The third-order valence-electron chi connectivity index (χ3n) is 3.68. The quantitative estimate of drug-likeness (QED) is 0.809. The fourth-order valence-electron chi connectivity index (χ4n) is 2.71. The predicted molar refractivity (Wildman–Crippen MR) is 72.2 cm³/mol. The summed E-state index contributed by atoms with van der Waals surface area (Å²) >= 11 is 0. The van der Waals surface area contributed by atoms with E-state index >= 15 is 0 Å². The van der Waals surface area contributed by atoms with E-state index in [9.17, 15) is 9.59 Å². The molecule has 2 aliphatic rings. The number of carbonyl (C=O) groups excluding carboxylic acids is 2. The van der Waals surface area contributed by atoms with Crippen LogP contribution in [-0.4, -0.2) is 35.8 Å². The topological polar surface area (TPSA) is 49.4 Å². The monoisotopic (exact) mass is 256 g/mol. The van der Waals surface area contributed by atoms with Crippen molar-refractivity contribution in [1.82, 2.24) is 10.2 Å². The number of benzene rings is 1. The Morgan fingerprint density at radius 2 is 1.95 bits per heavy atom. The first-order valence-corrected chi connectivity index (χ1v) is 6.63. The lowest BCUT2D eigenvalue weighted by Gasteiger charge is -2.30. The van der Waals surface area contributed by atoms with Crippen molar-refractivity contribution in [2.75, 3.05) is 13.1 Å². The van der Waals surface area contributed by atoms with Crippen LogP contribution in [0.1, 0.15) is 18.4 Å². The summed E-state index contributed by atoms with van der Waals surface area (Å²) in [6.45, 7) is 1.67. The zero-order valence-corrected chi connectivity index (χ0v) is 10.6. The van der Waals surface area contributed by atoms with Crippen LogP contribution >= 0.6 is 0 Å². The number of carbonyl (C=O) groups is 2. The van der Waals surface area contributed by atoms with Crippen molar-refractivity contribution in [3.63, 3.8) is 0 Å². The van der Waals surface area contributed by atoms with E-state index in [1.165, 1.54) is 11.0 Å². The van der Waals surface area contributed by atoms with Crippen LogP contribution < -0.4 is 5.32 Å². The van der Waals surface area contributed by atoms with Crippen LogP contribution in [-0.2, 0) is 9.59 Å². The number of nitrogens with zero attached hydrogens (tertiary/aromatic N) is 1. The number of piperidine rings is 1. The molecule has 0 unspecified atom stereocenters. The van der Waals surface area contributed by atoms with Crippen LogP contribution in [0.4, 0.5) is 0 Å². The number of amides is 2. The first kappa shape index (κ1) is 12.1. The molecule has 4 nitrogen and oxygen atoms in total. The average Bonchev–Trinajstić information content (AvgIpc) is 2.76. The second-order valence-electron chi connectivity index (χ2n) is 4.94. The molecule has 2 amide bonds. The summed E-state index contributed by atoms with van der Waals surface area (Å²) in [5.41, 5.74) is 1.32. The molecule has 1 fully saturated rings. The van der Waals surface area contributed by atoms with Gasteiger partial charge in [0.05, 0.1) is 11.6 Å². The fourth-order valence-corrected chi connectivity index (χ4v) is 2.71. The van der Waals surface area contributed by atoms with Gasteiger partial charge in [0, 0.05) is 12.6 Å². The van der Waals surface area contributed by atoms with Crippen LogP contribution in [0.3, 0.4) is 0 Å². The lowest BCUT2D eigenvalue weighted by atomic mass is 10.0. The fraction of sp³-hybridized carbons (Fsp3) is 0.333. The van der Waals surface area contributed by atoms with Gasteiger partial charge < -0.3 is 5.32 Å². The van der Waals surface area contributed by atoms with Crippen LogP contribution in [0.2, 0.25) is 0 Å². The van der Waals surface area contributed by atoms with E-state index in [1.807, 2.05) is 30.3 Å². The summed E-state index contributed by atoms with van der Waals surface area (Å²) in [5, 5.41) is 3.24. The molecule has 1 aromatic rings. The van der Waals surface area contributed by atoms with E-state index < -0.39 is 0 Å². The molecule has 2 heterocycles. The van der Waals surface area contributed by atoms with Gasteiger partial charge in [-0.15, -0.1) is 0 Å². The molecule has 4 heteroatoms. The smallest absolute Gasteiger partial charge is 0.261 e. The summed E-state index contributed by atoms with van der Waals surface area (Å²) < 4.78 is 0. The van der Waals surface area contributed by atoms with Gasteiger partial charge in [-0.25, -0.2) is 0 Å². The maximum atomic E-state index is 12.4. The second kappa shape index (κ2) is 4.97. The molecule has 1 atom stereocenters. The lowest BCUT2D eigenvalue weighted by molar-refractivity contribution is -0.139. The van der Waals surface area contributed by atoms with Crippen molar-refractivity contribution in [3.05, 3.63) is 42.0 Å². The Labute approximate surface area is 112 Å². The Hall–Kier alpha value is -1.94.